The summed E-state index contributed by atoms with van der Waals surface area (Å²) >= 11 is 11.7. The van der Waals surface area contributed by atoms with Crippen LogP contribution in [0, 0.1) is 12.7 Å². The minimum atomic E-state index is -0.503. The number of aryl methyl sites for hydroxylation is 1. The Hall–Kier alpha value is -2.11. The minimum absolute atomic E-state index is 0.0120. The van der Waals surface area contributed by atoms with E-state index in [1.807, 2.05) is 25.1 Å². The molecule has 2 N–H and O–H groups in total. The molecule has 0 aliphatic rings. The van der Waals surface area contributed by atoms with Gasteiger partial charge in [-0.05, 0) is 36.8 Å². The third-order valence-corrected chi connectivity index (χ3v) is 4.00. The molecule has 0 spiro atoms. The van der Waals surface area contributed by atoms with Crippen molar-refractivity contribution in [3.05, 3.63) is 63.5 Å². The number of rotatable bonds is 3. The number of anilines is 1. The molecule has 0 aliphatic carbocycles. The van der Waals surface area contributed by atoms with Crippen LogP contribution in [0.3, 0.4) is 0 Å². The lowest BCUT2D eigenvalue weighted by atomic mass is 10.1. The molecule has 118 valence electrons. The average Bonchev–Trinajstić information content (AvgIpc) is 2.95. The van der Waals surface area contributed by atoms with Crippen LogP contribution in [0.25, 0.3) is 11.3 Å². The molecule has 0 radical (unpaired) electrons. The summed E-state index contributed by atoms with van der Waals surface area (Å²) in [5.41, 5.74) is 9.43. The van der Waals surface area contributed by atoms with Crippen molar-refractivity contribution in [1.29, 1.82) is 0 Å². The van der Waals surface area contributed by atoms with Crippen LogP contribution in [0.4, 0.5) is 10.1 Å². The highest BCUT2D eigenvalue weighted by Crippen LogP contribution is 2.25. The second kappa shape index (κ2) is 6.18. The molecule has 23 heavy (non-hydrogen) atoms. The Bertz CT molecular complexity index is 877. The number of nitrogen functional groups attached to an aromatic ring is 1. The highest BCUT2D eigenvalue weighted by molar-refractivity contribution is 6.34. The lowest BCUT2D eigenvalue weighted by Gasteiger charge is -2.05. The molecule has 3 aromatic rings. The maximum absolute atomic E-state index is 14.0. The highest BCUT2D eigenvalue weighted by atomic mass is 35.5. The first-order valence-electron chi connectivity index (χ1n) is 6.84. The lowest BCUT2D eigenvalue weighted by Crippen LogP contribution is -2.03. The van der Waals surface area contributed by atoms with E-state index in [4.69, 9.17) is 28.9 Å². The van der Waals surface area contributed by atoms with Gasteiger partial charge < -0.3 is 5.73 Å². The van der Waals surface area contributed by atoms with Gasteiger partial charge in [0.1, 0.15) is 11.5 Å². The van der Waals surface area contributed by atoms with Crippen LogP contribution in [-0.2, 0) is 6.54 Å². The van der Waals surface area contributed by atoms with Gasteiger partial charge in [-0.1, -0.05) is 34.5 Å². The number of hydrogen-bond acceptors (Lipinski definition) is 3. The van der Waals surface area contributed by atoms with Crippen molar-refractivity contribution in [3.8, 4) is 11.3 Å². The van der Waals surface area contributed by atoms with E-state index in [2.05, 4.69) is 10.3 Å². The van der Waals surface area contributed by atoms with Gasteiger partial charge in [0.15, 0.2) is 0 Å². The van der Waals surface area contributed by atoms with Gasteiger partial charge in [0.25, 0.3) is 0 Å². The van der Waals surface area contributed by atoms with Crippen LogP contribution in [0.15, 0.2) is 36.5 Å². The smallest absolute Gasteiger partial charge is 0.146 e. The van der Waals surface area contributed by atoms with E-state index in [1.54, 1.807) is 6.20 Å². The van der Waals surface area contributed by atoms with Gasteiger partial charge in [-0.25, -0.2) is 9.07 Å². The fourth-order valence-corrected chi connectivity index (χ4v) is 2.78. The van der Waals surface area contributed by atoms with Crippen LogP contribution in [-0.4, -0.2) is 15.0 Å². The Kier molecular flexibility index (Phi) is 4.24. The molecule has 3 rings (SSSR count). The molecule has 1 aromatic heterocycles. The molecular formula is C16H13Cl2FN4. The number of nitrogens with zero attached hydrogens (tertiary/aromatic N) is 3. The van der Waals surface area contributed by atoms with E-state index in [1.165, 1.54) is 16.8 Å². The summed E-state index contributed by atoms with van der Waals surface area (Å²) in [5.74, 6) is -0.503. The van der Waals surface area contributed by atoms with Crippen molar-refractivity contribution in [3.63, 3.8) is 0 Å². The molecule has 0 bridgehead atoms. The first-order valence-corrected chi connectivity index (χ1v) is 7.59. The van der Waals surface area contributed by atoms with Crippen molar-refractivity contribution >= 4 is 28.9 Å². The SMILES string of the molecule is Cc1cc(-c2cn(Cc3cc(Cl)cc(Cl)c3F)nn2)ccc1N. The molecule has 0 aliphatic heterocycles. The third-order valence-electron chi connectivity index (χ3n) is 3.50. The first kappa shape index (κ1) is 15.8. The Labute approximate surface area is 142 Å². The number of halogens is 3. The average molecular weight is 351 g/mol. The molecular weight excluding hydrogens is 338 g/mol. The quantitative estimate of drug-likeness (QED) is 0.564. The maximum atomic E-state index is 14.0. The summed E-state index contributed by atoms with van der Waals surface area (Å²) in [7, 11) is 0. The monoisotopic (exact) mass is 350 g/mol. The highest BCUT2D eigenvalue weighted by Gasteiger charge is 2.11. The Balaban J connectivity index is 1.89. The molecule has 0 amide bonds. The van der Waals surface area contributed by atoms with Crippen molar-refractivity contribution < 1.29 is 4.39 Å². The summed E-state index contributed by atoms with van der Waals surface area (Å²) in [5, 5.41) is 8.50. The Morgan fingerprint density at radius 3 is 2.74 bits per heavy atom. The molecule has 4 nitrogen and oxygen atoms in total. The zero-order valence-corrected chi connectivity index (χ0v) is 13.7. The van der Waals surface area contributed by atoms with Gasteiger partial charge in [-0.2, -0.15) is 0 Å². The van der Waals surface area contributed by atoms with E-state index in [0.29, 0.717) is 16.3 Å². The van der Waals surface area contributed by atoms with Gasteiger partial charge >= 0.3 is 0 Å². The van der Waals surface area contributed by atoms with Crippen LogP contribution in [0.1, 0.15) is 11.1 Å². The molecule has 1 heterocycles. The van der Waals surface area contributed by atoms with Crippen LogP contribution >= 0.6 is 23.2 Å². The van der Waals surface area contributed by atoms with Crippen molar-refractivity contribution in [1.82, 2.24) is 15.0 Å². The van der Waals surface area contributed by atoms with E-state index >= 15 is 0 Å². The van der Waals surface area contributed by atoms with Crippen molar-refractivity contribution in [2.75, 3.05) is 5.73 Å². The second-order valence-corrected chi connectivity index (χ2v) is 6.08. The third kappa shape index (κ3) is 3.30. The topological polar surface area (TPSA) is 56.7 Å². The molecule has 7 heteroatoms. The normalized spacial score (nSPS) is 11.0. The van der Waals surface area contributed by atoms with E-state index in [-0.39, 0.29) is 11.6 Å². The molecule has 0 unspecified atom stereocenters. The van der Waals surface area contributed by atoms with Gasteiger partial charge in [0, 0.05) is 21.8 Å². The van der Waals surface area contributed by atoms with Crippen LogP contribution in [0.5, 0.6) is 0 Å². The summed E-state index contributed by atoms with van der Waals surface area (Å²) in [4.78, 5) is 0. The summed E-state index contributed by atoms with van der Waals surface area (Å²) in [6.07, 6.45) is 1.74. The molecule has 0 saturated carbocycles. The predicted octanol–water partition coefficient (Wildman–Crippen LogP) is 4.33. The number of aromatic nitrogens is 3. The molecule has 0 atom stereocenters. The summed E-state index contributed by atoms with van der Waals surface area (Å²) in [6.45, 7) is 2.11. The molecule has 0 fully saturated rings. The number of benzene rings is 2. The minimum Gasteiger partial charge on any atom is -0.399 e. The standard InChI is InChI=1S/C16H13Cl2FN4/c1-9-4-10(2-3-14(9)20)15-8-23(22-21-15)7-11-5-12(17)6-13(18)16(11)19/h2-6,8H,7,20H2,1H3. The Morgan fingerprint density at radius 2 is 2.00 bits per heavy atom. The second-order valence-electron chi connectivity index (χ2n) is 5.23. The van der Waals surface area contributed by atoms with Crippen molar-refractivity contribution in [2.24, 2.45) is 0 Å². The zero-order chi connectivity index (χ0) is 16.6. The first-order chi connectivity index (χ1) is 10.9. The van der Waals surface area contributed by atoms with E-state index in [0.717, 1.165) is 16.8 Å². The fourth-order valence-electron chi connectivity index (χ4n) is 2.24. The predicted molar refractivity (Wildman–Crippen MR) is 90.1 cm³/mol. The van der Waals surface area contributed by atoms with Crippen LogP contribution < -0.4 is 5.73 Å². The van der Waals surface area contributed by atoms with Gasteiger partial charge in [0.2, 0.25) is 0 Å². The zero-order valence-electron chi connectivity index (χ0n) is 12.2. The number of hydrogen-bond donors (Lipinski definition) is 1. The van der Waals surface area contributed by atoms with Gasteiger partial charge in [-0.3, -0.25) is 0 Å². The maximum Gasteiger partial charge on any atom is 0.146 e. The van der Waals surface area contributed by atoms with Gasteiger partial charge in [0.05, 0.1) is 17.8 Å². The van der Waals surface area contributed by atoms with Crippen LogP contribution in [0.2, 0.25) is 10.0 Å². The fraction of sp³-hybridized carbons (Fsp3) is 0.125. The molecule has 2 aromatic carbocycles. The Morgan fingerprint density at radius 1 is 1.22 bits per heavy atom. The summed E-state index contributed by atoms with van der Waals surface area (Å²) in [6, 6.07) is 8.51. The largest absolute Gasteiger partial charge is 0.399 e. The van der Waals surface area contributed by atoms with Crippen molar-refractivity contribution in [2.45, 2.75) is 13.5 Å². The summed E-state index contributed by atoms with van der Waals surface area (Å²) < 4.78 is 15.6. The molecule has 0 saturated heterocycles. The van der Waals surface area contributed by atoms with E-state index < -0.39 is 5.82 Å². The van der Waals surface area contributed by atoms with E-state index in [9.17, 15) is 4.39 Å². The van der Waals surface area contributed by atoms with Gasteiger partial charge in [-0.15, -0.1) is 5.10 Å². The number of nitrogens with two attached hydrogens (primary N) is 1. The lowest BCUT2D eigenvalue weighted by molar-refractivity contribution is 0.577.